The number of Topliss-reactive ketones (excluding diaryl/α,β-unsaturated/α-hetero) is 1. The highest BCUT2D eigenvalue weighted by Crippen LogP contribution is 2.38. The average Bonchev–Trinajstić information content (AvgIpc) is 3.41. The maximum absolute atomic E-state index is 13.2. The molecule has 2 atom stereocenters. The van der Waals surface area contributed by atoms with Gasteiger partial charge in [0.2, 0.25) is 6.79 Å². The lowest BCUT2D eigenvalue weighted by molar-refractivity contribution is -0.133. The summed E-state index contributed by atoms with van der Waals surface area (Å²) >= 11 is 0. The second-order valence-corrected chi connectivity index (χ2v) is 9.02. The molecule has 2 aromatic rings. The first-order chi connectivity index (χ1) is 15.3. The molecule has 2 fully saturated rings. The van der Waals surface area contributed by atoms with Crippen LogP contribution in [0.5, 0.6) is 11.5 Å². The van der Waals surface area contributed by atoms with Crippen LogP contribution in [0.1, 0.15) is 54.4 Å². The van der Waals surface area contributed by atoms with E-state index in [9.17, 15) is 14.4 Å². The molecule has 1 N–H and O–H groups in total. The number of hydrogen-bond acceptors (Lipinski definition) is 5. The van der Waals surface area contributed by atoms with Crippen LogP contribution in [0.3, 0.4) is 0 Å². The predicted molar refractivity (Wildman–Crippen MR) is 116 cm³/mol. The summed E-state index contributed by atoms with van der Waals surface area (Å²) in [5.41, 5.74) is 2.11. The molecule has 3 heterocycles. The largest absolute Gasteiger partial charge is 0.454 e. The van der Waals surface area contributed by atoms with E-state index in [1.54, 1.807) is 6.07 Å². The first kappa shape index (κ1) is 20.6. The molecule has 8 heteroatoms. The summed E-state index contributed by atoms with van der Waals surface area (Å²) in [6, 6.07) is 6.97. The molecule has 1 spiro atoms. The van der Waals surface area contributed by atoms with Crippen LogP contribution in [0.4, 0.5) is 4.79 Å². The Morgan fingerprint density at radius 1 is 1.16 bits per heavy atom. The van der Waals surface area contributed by atoms with Crippen molar-refractivity contribution in [3.05, 3.63) is 41.2 Å². The third-order valence-corrected chi connectivity index (χ3v) is 7.15. The van der Waals surface area contributed by atoms with Crippen LogP contribution in [0, 0.1) is 19.8 Å². The molecule has 1 aromatic carbocycles. The number of imide groups is 1. The van der Waals surface area contributed by atoms with Gasteiger partial charge in [0.15, 0.2) is 17.3 Å². The lowest BCUT2D eigenvalue weighted by Crippen LogP contribution is -2.54. The van der Waals surface area contributed by atoms with Gasteiger partial charge in [0.25, 0.3) is 5.91 Å². The number of nitrogens with zero attached hydrogens (tertiary/aromatic N) is 2. The molecular weight excluding hydrogens is 410 g/mol. The number of nitrogens with one attached hydrogen (secondary N) is 1. The van der Waals surface area contributed by atoms with Crippen LogP contribution in [0.25, 0.3) is 5.69 Å². The van der Waals surface area contributed by atoms with Gasteiger partial charge in [-0.3, -0.25) is 14.5 Å². The molecule has 0 radical (unpaired) electrons. The summed E-state index contributed by atoms with van der Waals surface area (Å²) in [5.74, 6) is 0.886. The maximum atomic E-state index is 13.2. The van der Waals surface area contributed by atoms with Crippen molar-refractivity contribution in [2.24, 2.45) is 5.92 Å². The molecule has 0 bridgehead atoms. The molecule has 8 nitrogen and oxygen atoms in total. The van der Waals surface area contributed by atoms with E-state index in [1.165, 1.54) is 0 Å². The SMILES string of the molecule is Cc1cc(C(=O)CN2C(=O)N[C@@]3(CCCC[C@H]3C)C2=O)c(C)n1-c1ccc2c(c1)OCO2. The minimum atomic E-state index is -0.862. The molecule has 3 amide bonds. The fourth-order valence-corrected chi connectivity index (χ4v) is 5.33. The van der Waals surface area contributed by atoms with Crippen LogP contribution >= 0.6 is 0 Å². The van der Waals surface area contributed by atoms with Crippen molar-refractivity contribution in [1.29, 1.82) is 0 Å². The Morgan fingerprint density at radius 2 is 1.94 bits per heavy atom. The van der Waals surface area contributed by atoms with E-state index in [1.807, 2.05) is 43.5 Å². The summed E-state index contributed by atoms with van der Waals surface area (Å²) in [5, 5.41) is 2.91. The normalized spacial score (nSPS) is 24.3. The van der Waals surface area contributed by atoms with Crippen molar-refractivity contribution in [2.75, 3.05) is 13.3 Å². The number of aryl methyl sites for hydroxylation is 1. The molecule has 168 valence electrons. The Balaban J connectivity index is 1.40. The molecule has 2 aliphatic heterocycles. The van der Waals surface area contributed by atoms with Gasteiger partial charge in [-0.25, -0.2) is 4.79 Å². The third kappa shape index (κ3) is 3.00. The van der Waals surface area contributed by atoms with E-state index in [0.29, 0.717) is 23.5 Å². The second kappa shape index (κ2) is 7.39. The zero-order chi connectivity index (χ0) is 22.6. The molecule has 5 rings (SSSR count). The van der Waals surface area contributed by atoms with Crippen molar-refractivity contribution < 1.29 is 23.9 Å². The summed E-state index contributed by atoms with van der Waals surface area (Å²) in [6.45, 7) is 5.71. The first-order valence-electron chi connectivity index (χ1n) is 11.1. The van der Waals surface area contributed by atoms with Crippen molar-refractivity contribution in [2.45, 2.75) is 52.0 Å². The number of rotatable bonds is 4. The number of amides is 3. The molecule has 0 unspecified atom stereocenters. The van der Waals surface area contributed by atoms with Gasteiger partial charge >= 0.3 is 6.03 Å². The number of carbonyl (C=O) groups is 3. The summed E-state index contributed by atoms with van der Waals surface area (Å²) in [4.78, 5) is 40.2. The minimum absolute atomic E-state index is 0.0591. The van der Waals surface area contributed by atoms with E-state index in [2.05, 4.69) is 5.32 Å². The highest BCUT2D eigenvalue weighted by molar-refractivity contribution is 6.11. The number of ether oxygens (including phenoxy) is 2. The quantitative estimate of drug-likeness (QED) is 0.584. The van der Waals surface area contributed by atoms with Gasteiger partial charge in [-0.2, -0.15) is 0 Å². The molecular formula is C24H27N3O5. The van der Waals surface area contributed by atoms with E-state index in [0.717, 1.165) is 41.2 Å². The standard InChI is InChI=1S/C24H27N3O5/c1-14-6-4-5-9-24(14)22(29)26(23(30)25-24)12-19(28)18-10-15(2)27(16(18)3)17-7-8-20-21(11-17)32-13-31-20/h7-8,10-11,14H,4-6,9,12-13H2,1-3H3,(H,25,30)/t14-,24-/m1/s1. The number of ketones is 1. The van der Waals surface area contributed by atoms with Crippen LogP contribution in [-0.4, -0.2) is 46.1 Å². The van der Waals surface area contributed by atoms with Gasteiger partial charge in [0.1, 0.15) is 5.54 Å². The number of aromatic nitrogens is 1. The number of carbonyl (C=O) groups excluding carboxylic acids is 3. The van der Waals surface area contributed by atoms with Crippen LogP contribution in [0.15, 0.2) is 24.3 Å². The Bertz CT molecular complexity index is 1140. The van der Waals surface area contributed by atoms with Crippen molar-refractivity contribution >= 4 is 17.7 Å². The number of hydrogen-bond donors (Lipinski definition) is 1. The molecule has 1 saturated carbocycles. The van der Waals surface area contributed by atoms with Gasteiger partial charge in [0, 0.05) is 28.7 Å². The Morgan fingerprint density at radius 3 is 2.72 bits per heavy atom. The zero-order valence-corrected chi connectivity index (χ0v) is 18.6. The Labute approximate surface area is 186 Å². The van der Waals surface area contributed by atoms with Gasteiger partial charge < -0.3 is 19.4 Å². The summed E-state index contributed by atoms with van der Waals surface area (Å²) in [6.07, 6.45) is 3.47. The van der Waals surface area contributed by atoms with E-state index < -0.39 is 11.6 Å². The summed E-state index contributed by atoms with van der Waals surface area (Å²) in [7, 11) is 0. The Hall–Kier alpha value is -3.29. The second-order valence-electron chi connectivity index (χ2n) is 9.02. The molecule has 1 aliphatic carbocycles. The van der Waals surface area contributed by atoms with E-state index in [-0.39, 0.29) is 30.9 Å². The average molecular weight is 437 g/mol. The van der Waals surface area contributed by atoms with Crippen molar-refractivity contribution in [3.63, 3.8) is 0 Å². The van der Waals surface area contributed by atoms with E-state index in [4.69, 9.17) is 9.47 Å². The van der Waals surface area contributed by atoms with E-state index >= 15 is 0 Å². The monoisotopic (exact) mass is 437 g/mol. The predicted octanol–water partition coefficient (Wildman–Crippen LogP) is 3.51. The highest BCUT2D eigenvalue weighted by Gasteiger charge is 2.55. The third-order valence-electron chi connectivity index (χ3n) is 7.15. The van der Waals surface area contributed by atoms with Gasteiger partial charge in [-0.05, 0) is 50.8 Å². The topological polar surface area (TPSA) is 89.9 Å². The molecule has 32 heavy (non-hydrogen) atoms. The molecule has 3 aliphatic rings. The summed E-state index contributed by atoms with van der Waals surface area (Å²) < 4.78 is 12.8. The maximum Gasteiger partial charge on any atom is 0.325 e. The van der Waals surface area contributed by atoms with Crippen LogP contribution in [0.2, 0.25) is 0 Å². The van der Waals surface area contributed by atoms with Crippen molar-refractivity contribution in [3.8, 4) is 17.2 Å². The lowest BCUT2D eigenvalue weighted by Gasteiger charge is -2.36. The fourth-order valence-electron chi connectivity index (χ4n) is 5.33. The number of fused-ring (bicyclic) bond motifs is 1. The van der Waals surface area contributed by atoms with Crippen molar-refractivity contribution in [1.82, 2.24) is 14.8 Å². The van der Waals surface area contributed by atoms with Gasteiger partial charge in [-0.1, -0.05) is 19.8 Å². The fraction of sp³-hybridized carbons (Fsp3) is 0.458. The number of benzene rings is 1. The zero-order valence-electron chi connectivity index (χ0n) is 18.6. The van der Waals surface area contributed by atoms with Gasteiger partial charge in [-0.15, -0.1) is 0 Å². The Kier molecular flexibility index (Phi) is 4.76. The van der Waals surface area contributed by atoms with Crippen LogP contribution < -0.4 is 14.8 Å². The highest BCUT2D eigenvalue weighted by atomic mass is 16.7. The first-order valence-corrected chi connectivity index (χ1v) is 11.1. The molecule has 1 aromatic heterocycles. The minimum Gasteiger partial charge on any atom is -0.454 e. The van der Waals surface area contributed by atoms with Crippen LogP contribution in [-0.2, 0) is 4.79 Å². The molecule has 1 saturated heterocycles. The smallest absolute Gasteiger partial charge is 0.325 e. The van der Waals surface area contributed by atoms with Gasteiger partial charge in [0.05, 0.1) is 6.54 Å². The lowest BCUT2D eigenvalue weighted by atomic mass is 9.73. The number of urea groups is 1.